The van der Waals surface area contributed by atoms with Crippen molar-refractivity contribution in [2.75, 3.05) is 13.1 Å². The minimum Gasteiger partial charge on any atom is -0.307 e. The van der Waals surface area contributed by atoms with E-state index >= 15 is 0 Å². The molecule has 4 nitrogen and oxygen atoms in total. The Bertz CT molecular complexity index is 581. The van der Waals surface area contributed by atoms with Crippen LogP contribution in [0.5, 0.6) is 0 Å². The lowest BCUT2D eigenvalue weighted by Gasteiger charge is -2.34. The molecule has 2 aromatic heterocycles. The van der Waals surface area contributed by atoms with Gasteiger partial charge in [0.25, 0.3) is 0 Å². The maximum absolute atomic E-state index is 9.14. The Morgan fingerprint density at radius 1 is 1.37 bits per heavy atom. The number of pyridine rings is 1. The molecule has 19 heavy (non-hydrogen) atoms. The summed E-state index contributed by atoms with van der Waals surface area (Å²) in [5.74, 6) is 0. The van der Waals surface area contributed by atoms with Crippen LogP contribution < -0.4 is 0 Å². The van der Waals surface area contributed by atoms with Gasteiger partial charge in [-0.05, 0) is 31.9 Å². The molecule has 0 radical (unpaired) electrons. The Morgan fingerprint density at radius 3 is 2.84 bits per heavy atom. The Morgan fingerprint density at radius 2 is 2.16 bits per heavy atom. The third kappa shape index (κ3) is 2.47. The Balaban J connectivity index is 1.68. The van der Waals surface area contributed by atoms with E-state index in [0.717, 1.165) is 43.8 Å². The van der Waals surface area contributed by atoms with Crippen LogP contribution in [0.1, 0.15) is 25.5 Å². The zero-order valence-corrected chi connectivity index (χ0v) is 11.2. The van der Waals surface area contributed by atoms with Gasteiger partial charge in [-0.2, -0.15) is 5.26 Å². The summed E-state index contributed by atoms with van der Waals surface area (Å²) >= 11 is 0. The van der Waals surface area contributed by atoms with Crippen molar-refractivity contribution in [3.05, 3.63) is 36.3 Å². The quantitative estimate of drug-likeness (QED) is 0.827. The minimum atomic E-state index is -0.130. The van der Waals surface area contributed by atoms with Gasteiger partial charge in [-0.1, -0.05) is 6.07 Å². The van der Waals surface area contributed by atoms with Crippen LogP contribution in [0, 0.1) is 16.7 Å². The van der Waals surface area contributed by atoms with Gasteiger partial charge < -0.3 is 4.40 Å². The number of hydrogen-bond acceptors (Lipinski definition) is 3. The standard InChI is InChI=1S/C15H18N4/c1-15(12-16)5-8-18(9-6-15)10-13-11-19-7-3-2-4-14(19)17-13/h2-4,7,11H,5-6,8-10H2,1H3. The first-order valence-corrected chi connectivity index (χ1v) is 6.75. The van der Waals surface area contributed by atoms with Crippen LogP contribution in [-0.2, 0) is 6.54 Å². The molecule has 1 aliphatic rings. The van der Waals surface area contributed by atoms with Crippen LogP contribution in [0.2, 0.25) is 0 Å². The summed E-state index contributed by atoms with van der Waals surface area (Å²) in [5.41, 5.74) is 1.97. The van der Waals surface area contributed by atoms with E-state index in [9.17, 15) is 0 Å². The number of nitriles is 1. The number of piperidine rings is 1. The average Bonchev–Trinajstić information content (AvgIpc) is 2.84. The second-order valence-electron chi connectivity index (χ2n) is 5.65. The summed E-state index contributed by atoms with van der Waals surface area (Å²) in [6, 6.07) is 8.48. The lowest BCUT2D eigenvalue weighted by atomic mass is 9.82. The van der Waals surface area contributed by atoms with Crippen LogP contribution in [0.4, 0.5) is 0 Å². The third-order valence-corrected chi connectivity index (χ3v) is 4.03. The van der Waals surface area contributed by atoms with Crippen LogP contribution in [0.25, 0.3) is 5.65 Å². The highest BCUT2D eigenvalue weighted by atomic mass is 15.1. The molecule has 98 valence electrons. The highest BCUT2D eigenvalue weighted by Gasteiger charge is 2.29. The van der Waals surface area contributed by atoms with Gasteiger partial charge in [-0.25, -0.2) is 4.98 Å². The van der Waals surface area contributed by atoms with Gasteiger partial charge in [0.2, 0.25) is 0 Å². The first-order chi connectivity index (χ1) is 9.18. The number of hydrogen-bond donors (Lipinski definition) is 0. The van der Waals surface area contributed by atoms with Gasteiger partial charge in [0.15, 0.2) is 0 Å². The van der Waals surface area contributed by atoms with Crippen molar-refractivity contribution in [2.45, 2.75) is 26.3 Å². The highest BCUT2D eigenvalue weighted by molar-refractivity contribution is 5.39. The zero-order chi connectivity index (χ0) is 13.3. The second kappa shape index (κ2) is 4.67. The normalized spacial score (nSPS) is 19.4. The zero-order valence-electron chi connectivity index (χ0n) is 11.2. The Hall–Kier alpha value is -1.86. The second-order valence-corrected chi connectivity index (χ2v) is 5.65. The molecule has 0 aromatic carbocycles. The average molecular weight is 254 g/mol. The number of rotatable bonds is 2. The third-order valence-electron chi connectivity index (χ3n) is 4.03. The van der Waals surface area contributed by atoms with Gasteiger partial charge >= 0.3 is 0 Å². The molecule has 0 amide bonds. The van der Waals surface area contributed by atoms with Crippen molar-refractivity contribution in [1.29, 1.82) is 5.26 Å². The molecule has 0 spiro atoms. The molecule has 3 heterocycles. The molecular formula is C15H18N4. The molecule has 0 unspecified atom stereocenters. The van der Waals surface area contributed by atoms with Crippen molar-refractivity contribution in [2.24, 2.45) is 5.41 Å². The molecule has 4 heteroatoms. The van der Waals surface area contributed by atoms with Gasteiger partial charge in [-0.15, -0.1) is 0 Å². The van der Waals surface area contributed by atoms with Crippen LogP contribution in [0.15, 0.2) is 30.6 Å². The fraction of sp³-hybridized carbons (Fsp3) is 0.467. The van der Waals surface area contributed by atoms with E-state index in [1.807, 2.05) is 24.4 Å². The minimum absolute atomic E-state index is 0.130. The van der Waals surface area contributed by atoms with Gasteiger partial charge in [0, 0.05) is 32.0 Å². The largest absolute Gasteiger partial charge is 0.307 e. The van der Waals surface area contributed by atoms with Crippen LogP contribution in [-0.4, -0.2) is 27.4 Å². The maximum atomic E-state index is 9.14. The smallest absolute Gasteiger partial charge is 0.137 e. The summed E-state index contributed by atoms with van der Waals surface area (Å²) < 4.78 is 2.05. The fourth-order valence-corrected chi connectivity index (χ4v) is 2.61. The van der Waals surface area contributed by atoms with E-state index in [1.54, 1.807) is 0 Å². The first kappa shape index (κ1) is 12.2. The molecule has 1 aliphatic heterocycles. The van der Waals surface area contributed by atoms with Crippen molar-refractivity contribution in [1.82, 2.24) is 14.3 Å². The van der Waals surface area contributed by atoms with Crippen molar-refractivity contribution in [3.8, 4) is 6.07 Å². The van der Waals surface area contributed by atoms with Crippen molar-refractivity contribution < 1.29 is 0 Å². The number of aromatic nitrogens is 2. The van der Waals surface area contributed by atoms with E-state index in [0.29, 0.717) is 0 Å². The van der Waals surface area contributed by atoms with E-state index in [1.165, 1.54) is 0 Å². The molecule has 0 saturated carbocycles. The first-order valence-electron chi connectivity index (χ1n) is 6.75. The predicted octanol–water partition coefficient (Wildman–Crippen LogP) is 2.46. The summed E-state index contributed by atoms with van der Waals surface area (Å²) in [4.78, 5) is 7.01. The topological polar surface area (TPSA) is 44.3 Å². The lowest BCUT2D eigenvalue weighted by Crippen LogP contribution is -2.37. The van der Waals surface area contributed by atoms with Crippen molar-refractivity contribution in [3.63, 3.8) is 0 Å². The lowest BCUT2D eigenvalue weighted by molar-refractivity contribution is 0.149. The van der Waals surface area contributed by atoms with E-state index in [-0.39, 0.29) is 5.41 Å². The summed E-state index contributed by atoms with van der Waals surface area (Å²) in [5, 5.41) is 9.14. The molecule has 1 fully saturated rings. The SMILES string of the molecule is CC1(C#N)CCN(Cc2cn3ccccc3n2)CC1. The van der Waals surface area contributed by atoms with E-state index in [4.69, 9.17) is 5.26 Å². The molecule has 0 bridgehead atoms. The van der Waals surface area contributed by atoms with Crippen LogP contribution in [0.3, 0.4) is 0 Å². The summed E-state index contributed by atoms with van der Waals surface area (Å²) in [6.07, 6.45) is 6.02. The summed E-state index contributed by atoms with van der Waals surface area (Å²) in [7, 11) is 0. The fourth-order valence-electron chi connectivity index (χ4n) is 2.61. The monoisotopic (exact) mass is 254 g/mol. The number of imidazole rings is 1. The molecular weight excluding hydrogens is 236 g/mol. The highest BCUT2D eigenvalue weighted by Crippen LogP contribution is 2.30. The molecule has 0 atom stereocenters. The number of nitrogens with zero attached hydrogens (tertiary/aromatic N) is 4. The Kier molecular flexibility index (Phi) is 3.00. The Labute approximate surface area is 113 Å². The summed E-state index contributed by atoms with van der Waals surface area (Å²) in [6.45, 7) is 4.91. The molecule has 0 aliphatic carbocycles. The molecule has 0 N–H and O–H groups in total. The van der Waals surface area contributed by atoms with E-state index < -0.39 is 0 Å². The van der Waals surface area contributed by atoms with Gasteiger partial charge in [0.05, 0.1) is 17.2 Å². The molecule has 1 saturated heterocycles. The maximum Gasteiger partial charge on any atom is 0.137 e. The van der Waals surface area contributed by atoms with E-state index in [2.05, 4.69) is 33.5 Å². The van der Waals surface area contributed by atoms with Gasteiger partial charge in [0.1, 0.15) is 5.65 Å². The molecule has 3 rings (SSSR count). The van der Waals surface area contributed by atoms with Crippen molar-refractivity contribution >= 4 is 5.65 Å². The molecule has 2 aromatic rings. The van der Waals surface area contributed by atoms with Crippen LogP contribution >= 0.6 is 0 Å². The number of fused-ring (bicyclic) bond motifs is 1. The van der Waals surface area contributed by atoms with Gasteiger partial charge in [-0.3, -0.25) is 4.90 Å². The number of likely N-dealkylation sites (tertiary alicyclic amines) is 1. The predicted molar refractivity (Wildman–Crippen MR) is 73.4 cm³/mol.